The molecule has 1 amide bonds. The van der Waals surface area contributed by atoms with Gasteiger partial charge in [0.2, 0.25) is 0 Å². The first-order valence-corrected chi connectivity index (χ1v) is 13.3. The van der Waals surface area contributed by atoms with E-state index < -0.39 is 27.7 Å². The summed E-state index contributed by atoms with van der Waals surface area (Å²) in [6.45, 7) is -0.0955. The minimum atomic E-state index is -4.60. The molecule has 0 atom stereocenters. The van der Waals surface area contributed by atoms with Crippen LogP contribution >= 0.6 is 0 Å². The molecule has 0 fully saturated rings. The van der Waals surface area contributed by atoms with Gasteiger partial charge < -0.3 is 4.74 Å². The lowest BCUT2D eigenvalue weighted by atomic mass is 10.1. The van der Waals surface area contributed by atoms with Crippen molar-refractivity contribution in [2.24, 2.45) is 5.10 Å². The van der Waals surface area contributed by atoms with Gasteiger partial charge in [-0.05, 0) is 48.0 Å². The zero-order valence-electron chi connectivity index (χ0n) is 21.2. The number of methoxy groups -OCH3 is 1. The van der Waals surface area contributed by atoms with Gasteiger partial charge in [-0.15, -0.1) is 0 Å². The van der Waals surface area contributed by atoms with Gasteiger partial charge in [0.05, 0.1) is 41.6 Å². The van der Waals surface area contributed by atoms with Crippen LogP contribution in [0.5, 0.6) is 5.75 Å². The van der Waals surface area contributed by atoms with Crippen molar-refractivity contribution in [1.82, 2.24) is 5.43 Å². The van der Waals surface area contributed by atoms with Crippen LogP contribution in [0.3, 0.4) is 0 Å². The number of alkyl halides is 3. The number of hydrogen-bond acceptors (Lipinski definition) is 5. The van der Waals surface area contributed by atoms with Gasteiger partial charge in [-0.3, -0.25) is 9.10 Å². The van der Waals surface area contributed by atoms with E-state index in [4.69, 9.17) is 4.74 Å². The molecule has 0 saturated carbocycles. The highest BCUT2D eigenvalue weighted by Gasteiger charge is 2.32. The zero-order chi connectivity index (χ0) is 28.8. The molecule has 206 valence electrons. The van der Waals surface area contributed by atoms with Crippen molar-refractivity contribution in [2.75, 3.05) is 11.4 Å². The second-order valence-corrected chi connectivity index (χ2v) is 10.3. The normalized spacial score (nSPS) is 11.8. The molecule has 0 aliphatic heterocycles. The quantitative estimate of drug-likeness (QED) is 0.202. The molecule has 0 spiro atoms. The monoisotopic (exact) mass is 567 g/mol. The van der Waals surface area contributed by atoms with Gasteiger partial charge >= 0.3 is 6.18 Å². The van der Waals surface area contributed by atoms with E-state index in [-0.39, 0.29) is 28.3 Å². The number of carbonyl (C=O) groups is 1. The first kappa shape index (κ1) is 28.4. The fourth-order valence-corrected chi connectivity index (χ4v) is 5.37. The highest BCUT2D eigenvalue weighted by Crippen LogP contribution is 2.32. The first-order valence-electron chi connectivity index (χ1n) is 11.9. The predicted octanol–water partition coefficient (Wildman–Crippen LogP) is 5.87. The number of benzene rings is 4. The summed E-state index contributed by atoms with van der Waals surface area (Å²) in [5, 5.41) is 3.71. The molecule has 0 radical (unpaired) electrons. The molecule has 7 nitrogen and oxygen atoms in total. The summed E-state index contributed by atoms with van der Waals surface area (Å²) in [6, 6.07) is 25.4. The molecule has 40 heavy (non-hydrogen) atoms. The summed E-state index contributed by atoms with van der Waals surface area (Å²) in [5.74, 6) is -0.336. The Morgan fingerprint density at radius 1 is 0.900 bits per heavy atom. The van der Waals surface area contributed by atoms with Crippen LogP contribution in [0.15, 0.2) is 113 Å². The van der Waals surface area contributed by atoms with Gasteiger partial charge in [-0.2, -0.15) is 18.3 Å². The maximum absolute atomic E-state index is 13.9. The Bertz CT molecular complexity index is 1610. The maximum atomic E-state index is 13.9. The van der Waals surface area contributed by atoms with Gasteiger partial charge in [0.15, 0.2) is 0 Å². The van der Waals surface area contributed by atoms with Crippen molar-refractivity contribution < 1.29 is 31.1 Å². The van der Waals surface area contributed by atoms with Gasteiger partial charge in [-0.25, -0.2) is 13.8 Å². The third kappa shape index (κ3) is 6.49. The van der Waals surface area contributed by atoms with Crippen LogP contribution in [0.4, 0.5) is 18.9 Å². The third-order valence-electron chi connectivity index (χ3n) is 5.87. The summed E-state index contributed by atoms with van der Waals surface area (Å²) < 4.78 is 73.8. The van der Waals surface area contributed by atoms with E-state index in [0.717, 1.165) is 16.6 Å². The van der Waals surface area contributed by atoms with E-state index >= 15 is 0 Å². The minimum Gasteiger partial charge on any atom is -0.497 e. The topological polar surface area (TPSA) is 88.1 Å². The zero-order valence-corrected chi connectivity index (χ0v) is 22.0. The van der Waals surface area contributed by atoms with Crippen LogP contribution in [0.25, 0.3) is 0 Å². The highest BCUT2D eigenvalue weighted by atomic mass is 32.2. The second-order valence-electron chi connectivity index (χ2n) is 8.47. The lowest BCUT2D eigenvalue weighted by molar-refractivity contribution is -0.137. The molecule has 11 heteroatoms. The van der Waals surface area contributed by atoms with Gasteiger partial charge in [0.25, 0.3) is 15.9 Å². The standard InChI is InChI=1S/C29H24F3N3O4S/c1-39-23-15-17-24(18-16-23)40(37,38)35(20-21-9-3-2-4-10-21)27-14-8-6-12-25(27)28(36)34-33-19-22-11-5-7-13-26(22)29(30,31)32/h2-19H,20H2,1H3,(H,34,36)/b33-19-. The first-order chi connectivity index (χ1) is 19.1. The number of halogens is 3. The van der Waals surface area contributed by atoms with E-state index in [0.29, 0.717) is 11.3 Å². The number of amides is 1. The second kappa shape index (κ2) is 12.0. The minimum absolute atomic E-state index is 0.0266. The van der Waals surface area contributed by atoms with Crippen LogP contribution in [0.1, 0.15) is 27.0 Å². The predicted molar refractivity (Wildman–Crippen MR) is 146 cm³/mol. The third-order valence-corrected chi connectivity index (χ3v) is 7.64. The van der Waals surface area contributed by atoms with E-state index in [1.54, 1.807) is 42.5 Å². The van der Waals surface area contributed by atoms with Crippen molar-refractivity contribution in [3.63, 3.8) is 0 Å². The molecule has 0 aliphatic carbocycles. The van der Waals surface area contributed by atoms with Gasteiger partial charge in [-0.1, -0.05) is 60.7 Å². The molecule has 0 aromatic heterocycles. The summed E-state index contributed by atoms with van der Waals surface area (Å²) in [7, 11) is -2.72. The molecule has 1 N–H and O–H groups in total. The van der Waals surface area contributed by atoms with Crippen molar-refractivity contribution >= 4 is 27.8 Å². The molecule has 4 rings (SSSR count). The highest BCUT2D eigenvalue weighted by molar-refractivity contribution is 7.92. The average Bonchev–Trinajstić information content (AvgIpc) is 2.96. The van der Waals surface area contributed by atoms with Crippen LogP contribution in [0, 0.1) is 0 Å². The summed E-state index contributed by atoms with van der Waals surface area (Å²) in [6.07, 6.45) is -3.72. The Balaban J connectivity index is 1.70. The van der Waals surface area contributed by atoms with Crippen molar-refractivity contribution in [3.8, 4) is 5.75 Å². The van der Waals surface area contributed by atoms with E-state index in [9.17, 15) is 26.4 Å². The number of nitrogens with one attached hydrogen (secondary N) is 1. The fourth-order valence-electron chi connectivity index (χ4n) is 3.90. The Hall–Kier alpha value is -4.64. The molecule has 4 aromatic carbocycles. The lowest BCUT2D eigenvalue weighted by Crippen LogP contribution is -2.33. The van der Waals surface area contributed by atoms with E-state index in [2.05, 4.69) is 10.5 Å². The number of carbonyl (C=O) groups excluding carboxylic acids is 1. The molecule has 0 saturated heterocycles. The molecule has 0 aliphatic rings. The van der Waals surface area contributed by atoms with Crippen molar-refractivity contribution in [3.05, 3.63) is 125 Å². The number of nitrogens with zero attached hydrogens (tertiary/aromatic N) is 2. The van der Waals surface area contributed by atoms with Gasteiger partial charge in [0.1, 0.15) is 5.75 Å². The lowest BCUT2D eigenvalue weighted by Gasteiger charge is -2.26. The van der Waals surface area contributed by atoms with Crippen LogP contribution in [0.2, 0.25) is 0 Å². The smallest absolute Gasteiger partial charge is 0.417 e. The number of anilines is 1. The van der Waals surface area contributed by atoms with Gasteiger partial charge in [0, 0.05) is 5.56 Å². The Labute approximate surface area is 229 Å². The number of para-hydroxylation sites is 1. The Kier molecular flexibility index (Phi) is 8.54. The molecule has 0 unspecified atom stereocenters. The summed E-state index contributed by atoms with van der Waals surface area (Å²) in [4.78, 5) is 13.1. The van der Waals surface area contributed by atoms with Crippen LogP contribution < -0.4 is 14.5 Å². The maximum Gasteiger partial charge on any atom is 0.417 e. The molecule has 0 heterocycles. The summed E-state index contributed by atoms with van der Waals surface area (Å²) in [5.41, 5.74) is 1.75. The number of ether oxygens (including phenoxy) is 1. The molecular formula is C29H24F3N3O4S. The SMILES string of the molecule is COc1ccc(S(=O)(=O)N(Cc2ccccc2)c2ccccc2C(=O)N/N=C\c2ccccc2C(F)(F)F)cc1. The Morgan fingerprint density at radius 3 is 2.20 bits per heavy atom. The fraction of sp³-hybridized carbons (Fsp3) is 0.103. The molecule has 4 aromatic rings. The Morgan fingerprint density at radius 2 is 1.52 bits per heavy atom. The van der Waals surface area contributed by atoms with Crippen molar-refractivity contribution in [2.45, 2.75) is 17.6 Å². The van der Waals surface area contributed by atoms with Crippen LogP contribution in [-0.2, 0) is 22.7 Å². The van der Waals surface area contributed by atoms with Crippen molar-refractivity contribution in [1.29, 1.82) is 0 Å². The van der Waals surface area contributed by atoms with E-state index in [1.807, 2.05) is 0 Å². The van der Waals surface area contributed by atoms with E-state index in [1.165, 1.54) is 61.7 Å². The number of hydrogen-bond donors (Lipinski definition) is 1. The largest absolute Gasteiger partial charge is 0.497 e. The molecule has 0 bridgehead atoms. The molecular weight excluding hydrogens is 543 g/mol. The number of hydrazone groups is 1. The summed E-state index contributed by atoms with van der Waals surface area (Å²) >= 11 is 0. The van der Waals surface area contributed by atoms with Crippen LogP contribution in [-0.4, -0.2) is 27.6 Å². The number of rotatable bonds is 9. The number of sulfonamides is 1. The average molecular weight is 568 g/mol.